The Hall–Kier alpha value is -0.790. The molecule has 1 amide bonds. The van der Waals surface area contributed by atoms with Crippen LogP contribution in [0.5, 0.6) is 0 Å². The summed E-state index contributed by atoms with van der Waals surface area (Å²) in [6.45, 7) is 5.47. The number of rotatable bonds is 2. The fourth-order valence-corrected chi connectivity index (χ4v) is 3.10. The summed E-state index contributed by atoms with van der Waals surface area (Å²) in [5, 5.41) is 3.05. The fourth-order valence-electron chi connectivity index (χ4n) is 3.10. The van der Waals surface area contributed by atoms with E-state index in [9.17, 15) is 4.79 Å². The van der Waals surface area contributed by atoms with Gasteiger partial charge in [0.15, 0.2) is 0 Å². The molecule has 2 aliphatic rings. The van der Waals surface area contributed by atoms with E-state index in [1.807, 2.05) is 0 Å². The van der Waals surface area contributed by atoms with Gasteiger partial charge >= 0.3 is 0 Å². The van der Waals surface area contributed by atoms with Gasteiger partial charge in [-0.25, -0.2) is 0 Å². The van der Waals surface area contributed by atoms with E-state index in [0.29, 0.717) is 17.9 Å². The molecule has 0 radical (unpaired) electrons. The molecule has 13 heavy (non-hydrogen) atoms. The molecule has 2 nitrogen and oxygen atoms in total. The summed E-state index contributed by atoms with van der Waals surface area (Å²) in [7, 11) is 0. The van der Waals surface area contributed by atoms with Gasteiger partial charge in [0.25, 0.3) is 0 Å². The zero-order chi connectivity index (χ0) is 9.42. The molecular weight excluding hydrogens is 162 g/mol. The molecule has 0 aliphatic heterocycles. The van der Waals surface area contributed by atoms with Crippen LogP contribution in [-0.4, -0.2) is 11.9 Å². The molecule has 0 unspecified atom stereocenters. The number of fused-ring (bicyclic) bond motifs is 2. The van der Waals surface area contributed by atoms with Gasteiger partial charge in [0.2, 0.25) is 5.91 Å². The smallest absolute Gasteiger partial charge is 0.217 e. The van der Waals surface area contributed by atoms with Gasteiger partial charge in [-0.1, -0.05) is 6.08 Å². The molecule has 4 atom stereocenters. The van der Waals surface area contributed by atoms with Crippen molar-refractivity contribution < 1.29 is 4.79 Å². The molecule has 0 heterocycles. The van der Waals surface area contributed by atoms with E-state index in [-0.39, 0.29) is 5.91 Å². The third kappa shape index (κ3) is 1.50. The molecule has 1 N–H and O–H groups in total. The molecule has 2 saturated carbocycles. The molecule has 0 aromatic heterocycles. The minimum absolute atomic E-state index is 0.111. The maximum absolute atomic E-state index is 10.9. The predicted molar refractivity (Wildman–Crippen MR) is 52.1 cm³/mol. The fraction of sp³-hybridized carbons (Fsp3) is 0.727. The van der Waals surface area contributed by atoms with Gasteiger partial charge in [0.05, 0.1) is 0 Å². The van der Waals surface area contributed by atoms with E-state index in [1.165, 1.54) is 19.3 Å². The number of carbonyl (C=O) groups excluding carboxylic acids is 1. The van der Waals surface area contributed by atoms with Gasteiger partial charge in [-0.15, -0.1) is 6.58 Å². The zero-order valence-electron chi connectivity index (χ0n) is 8.12. The Morgan fingerprint density at radius 3 is 2.77 bits per heavy atom. The van der Waals surface area contributed by atoms with Crippen LogP contribution in [0.3, 0.4) is 0 Å². The Morgan fingerprint density at radius 1 is 1.46 bits per heavy atom. The standard InChI is InChI=1S/C11H17NO/c1-3-9-4-8-5-10(9)11(6-8)12-7(2)13/h3,8-11H,1,4-6H2,2H3,(H,12,13)/t8-,9+,10+,11-/m1/s1. The number of hydrogen-bond acceptors (Lipinski definition) is 1. The molecular formula is C11H17NO. The van der Waals surface area contributed by atoms with Crippen molar-refractivity contribution in [1.82, 2.24) is 5.32 Å². The first kappa shape index (κ1) is 8.79. The van der Waals surface area contributed by atoms with Crippen molar-refractivity contribution >= 4 is 5.91 Å². The van der Waals surface area contributed by atoms with Crippen molar-refractivity contribution in [2.24, 2.45) is 17.8 Å². The predicted octanol–water partition coefficient (Wildman–Crippen LogP) is 1.72. The van der Waals surface area contributed by atoms with Crippen LogP contribution in [0.2, 0.25) is 0 Å². The van der Waals surface area contributed by atoms with Crippen LogP contribution in [0.25, 0.3) is 0 Å². The second-order valence-electron chi connectivity index (χ2n) is 4.44. The highest BCUT2D eigenvalue weighted by Gasteiger charge is 2.44. The van der Waals surface area contributed by atoms with Crippen LogP contribution in [0.15, 0.2) is 12.7 Å². The first-order valence-corrected chi connectivity index (χ1v) is 5.10. The maximum Gasteiger partial charge on any atom is 0.217 e. The van der Waals surface area contributed by atoms with Crippen molar-refractivity contribution in [3.63, 3.8) is 0 Å². The Labute approximate surface area is 79.4 Å². The Balaban J connectivity index is 2.01. The third-order valence-electron chi connectivity index (χ3n) is 3.56. The summed E-state index contributed by atoms with van der Waals surface area (Å²) >= 11 is 0. The highest BCUT2D eigenvalue weighted by Crippen LogP contribution is 2.48. The van der Waals surface area contributed by atoms with Crippen molar-refractivity contribution in [3.05, 3.63) is 12.7 Å². The Morgan fingerprint density at radius 2 is 2.23 bits per heavy atom. The molecule has 72 valence electrons. The number of allylic oxidation sites excluding steroid dienone is 1. The van der Waals surface area contributed by atoms with Crippen LogP contribution in [0, 0.1) is 17.8 Å². The van der Waals surface area contributed by atoms with Gasteiger partial charge in [0.1, 0.15) is 0 Å². The minimum Gasteiger partial charge on any atom is -0.353 e. The summed E-state index contributed by atoms with van der Waals surface area (Å²) in [6.07, 6.45) is 5.85. The van der Waals surface area contributed by atoms with Crippen molar-refractivity contribution in [2.75, 3.05) is 0 Å². The van der Waals surface area contributed by atoms with Crippen molar-refractivity contribution in [1.29, 1.82) is 0 Å². The van der Waals surface area contributed by atoms with Crippen LogP contribution in [0.1, 0.15) is 26.2 Å². The number of carbonyl (C=O) groups is 1. The molecule has 2 rings (SSSR count). The number of amides is 1. The summed E-state index contributed by atoms with van der Waals surface area (Å²) in [6, 6.07) is 0.430. The minimum atomic E-state index is 0.111. The average molecular weight is 179 g/mol. The van der Waals surface area contributed by atoms with Gasteiger partial charge in [-0.2, -0.15) is 0 Å². The SMILES string of the molecule is C=C[C@H]1C[C@@H]2C[C@@H]1[C@H](NC(C)=O)C2. The summed E-state index contributed by atoms with van der Waals surface area (Å²) in [4.78, 5) is 10.9. The van der Waals surface area contributed by atoms with Crippen LogP contribution in [-0.2, 0) is 4.79 Å². The lowest BCUT2D eigenvalue weighted by molar-refractivity contribution is -0.120. The van der Waals surface area contributed by atoms with E-state index >= 15 is 0 Å². The molecule has 2 heteroatoms. The summed E-state index contributed by atoms with van der Waals surface area (Å²) in [5.41, 5.74) is 0. The molecule has 0 aromatic carbocycles. The topological polar surface area (TPSA) is 29.1 Å². The lowest BCUT2D eigenvalue weighted by Gasteiger charge is -2.27. The second kappa shape index (κ2) is 3.17. The van der Waals surface area contributed by atoms with Gasteiger partial charge in [-0.05, 0) is 37.0 Å². The highest BCUT2D eigenvalue weighted by molar-refractivity contribution is 5.73. The van der Waals surface area contributed by atoms with E-state index in [4.69, 9.17) is 0 Å². The van der Waals surface area contributed by atoms with E-state index in [2.05, 4.69) is 18.0 Å². The number of nitrogens with one attached hydrogen (secondary N) is 1. The third-order valence-corrected chi connectivity index (χ3v) is 3.56. The van der Waals surface area contributed by atoms with Gasteiger partial charge in [0, 0.05) is 13.0 Å². The van der Waals surface area contributed by atoms with Crippen molar-refractivity contribution in [2.45, 2.75) is 32.2 Å². The van der Waals surface area contributed by atoms with Crippen LogP contribution >= 0.6 is 0 Å². The molecule has 0 spiro atoms. The lowest BCUT2D eigenvalue weighted by atomic mass is 9.85. The average Bonchev–Trinajstić information content (AvgIpc) is 2.60. The largest absolute Gasteiger partial charge is 0.353 e. The Kier molecular flexibility index (Phi) is 2.14. The molecule has 2 bridgehead atoms. The molecule has 0 aromatic rings. The van der Waals surface area contributed by atoms with Gasteiger partial charge in [-0.3, -0.25) is 4.79 Å². The summed E-state index contributed by atoms with van der Waals surface area (Å²) < 4.78 is 0. The molecule has 2 fully saturated rings. The highest BCUT2D eigenvalue weighted by atomic mass is 16.1. The summed E-state index contributed by atoms with van der Waals surface area (Å²) in [5.74, 6) is 2.27. The quantitative estimate of drug-likeness (QED) is 0.642. The van der Waals surface area contributed by atoms with E-state index < -0.39 is 0 Å². The van der Waals surface area contributed by atoms with E-state index in [0.717, 1.165) is 5.92 Å². The van der Waals surface area contributed by atoms with Crippen LogP contribution in [0.4, 0.5) is 0 Å². The number of hydrogen-bond donors (Lipinski definition) is 1. The van der Waals surface area contributed by atoms with Gasteiger partial charge < -0.3 is 5.32 Å². The molecule has 2 aliphatic carbocycles. The van der Waals surface area contributed by atoms with Crippen LogP contribution < -0.4 is 5.32 Å². The first-order chi connectivity index (χ1) is 6.20. The molecule has 0 saturated heterocycles. The monoisotopic (exact) mass is 179 g/mol. The Bertz CT molecular complexity index is 236. The lowest BCUT2D eigenvalue weighted by Crippen LogP contribution is -2.39. The van der Waals surface area contributed by atoms with Crippen molar-refractivity contribution in [3.8, 4) is 0 Å². The second-order valence-corrected chi connectivity index (χ2v) is 4.44. The van der Waals surface area contributed by atoms with E-state index in [1.54, 1.807) is 6.92 Å². The first-order valence-electron chi connectivity index (χ1n) is 5.10. The maximum atomic E-state index is 10.9. The normalized spacial score (nSPS) is 41.9. The zero-order valence-corrected chi connectivity index (χ0v) is 8.12.